The van der Waals surface area contributed by atoms with Gasteiger partial charge in [-0.25, -0.2) is 29.5 Å². The first-order valence-corrected chi connectivity index (χ1v) is 16.9. The number of rotatable bonds is 10. The molecular formula is C37H46N8O4. The molecule has 0 aliphatic heterocycles. The Morgan fingerprint density at radius 3 is 1.51 bits per heavy atom. The fraction of sp³-hybridized carbons (Fsp3) is 0.459. The van der Waals surface area contributed by atoms with E-state index in [9.17, 15) is 14.7 Å². The van der Waals surface area contributed by atoms with E-state index in [2.05, 4.69) is 19.9 Å². The highest BCUT2D eigenvalue weighted by molar-refractivity contribution is 5.80. The number of hydrogen-bond donors (Lipinski definition) is 1. The van der Waals surface area contributed by atoms with Crippen molar-refractivity contribution < 1.29 is 19.4 Å². The zero-order valence-electron chi connectivity index (χ0n) is 29.4. The molecule has 0 amide bonds. The van der Waals surface area contributed by atoms with Gasteiger partial charge in [-0.3, -0.25) is 9.97 Å². The molecular weight excluding hydrogens is 620 g/mol. The van der Waals surface area contributed by atoms with Crippen LogP contribution in [0.4, 0.5) is 11.6 Å². The minimum atomic E-state index is -0.836. The van der Waals surface area contributed by atoms with E-state index < -0.39 is 12.0 Å². The van der Waals surface area contributed by atoms with Gasteiger partial charge in [-0.2, -0.15) is 0 Å². The lowest BCUT2D eigenvalue weighted by atomic mass is 10.0. The predicted molar refractivity (Wildman–Crippen MR) is 188 cm³/mol. The van der Waals surface area contributed by atoms with E-state index in [0.29, 0.717) is 17.3 Å². The van der Waals surface area contributed by atoms with E-state index in [1.54, 1.807) is 17.3 Å². The Balaban J connectivity index is 0.000000191. The van der Waals surface area contributed by atoms with E-state index in [4.69, 9.17) is 14.7 Å². The fourth-order valence-electron chi connectivity index (χ4n) is 6.79. The largest absolute Gasteiger partial charge is 0.480 e. The fourth-order valence-corrected chi connectivity index (χ4v) is 6.79. The lowest BCUT2D eigenvalue weighted by molar-refractivity contribution is -0.143. The molecule has 12 nitrogen and oxygen atoms in total. The quantitative estimate of drug-likeness (QED) is 0.221. The number of esters is 1. The number of carboxylic acid groups (broad SMARTS) is 1. The number of nitrogens with zero attached hydrogens (tertiary/aromatic N) is 8. The van der Waals surface area contributed by atoms with Gasteiger partial charge in [0.25, 0.3) is 0 Å². The molecule has 6 rings (SSSR count). The number of carbonyl (C=O) groups excluding carboxylic acids is 1. The second-order valence-corrected chi connectivity index (χ2v) is 13.2. The van der Waals surface area contributed by atoms with Crippen molar-refractivity contribution in [1.82, 2.24) is 29.9 Å². The number of pyridine rings is 2. The van der Waals surface area contributed by atoms with Crippen LogP contribution in [0.5, 0.6) is 0 Å². The van der Waals surface area contributed by atoms with Crippen LogP contribution >= 0.6 is 0 Å². The summed E-state index contributed by atoms with van der Waals surface area (Å²) in [5, 5.41) is 9.61. The van der Waals surface area contributed by atoms with Crippen LogP contribution < -0.4 is 9.80 Å². The Morgan fingerprint density at radius 2 is 1.14 bits per heavy atom. The molecule has 4 heterocycles. The van der Waals surface area contributed by atoms with Crippen LogP contribution in [0.3, 0.4) is 0 Å². The molecule has 0 fully saturated rings. The molecule has 12 heteroatoms. The number of carboxylic acids is 1. The van der Waals surface area contributed by atoms with Gasteiger partial charge in [0.2, 0.25) is 0 Å². The Labute approximate surface area is 288 Å². The maximum atomic E-state index is 12.3. The molecule has 1 N–H and O–H groups in total. The zero-order valence-corrected chi connectivity index (χ0v) is 29.4. The first-order chi connectivity index (χ1) is 23.5. The molecule has 2 aliphatic carbocycles. The van der Waals surface area contributed by atoms with Crippen LogP contribution in [0.2, 0.25) is 0 Å². The van der Waals surface area contributed by atoms with Crippen molar-refractivity contribution in [2.24, 2.45) is 11.8 Å². The number of ether oxygens (including phenoxy) is 1. The molecule has 49 heavy (non-hydrogen) atoms. The number of fused-ring (bicyclic) bond motifs is 2. The number of methoxy groups -OCH3 is 1. The number of aromatic nitrogens is 6. The summed E-state index contributed by atoms with van der Waals surface area (Å²) in [7, 11) is 5.14. The van der Waals surface area contributed by atoms with Gasteiger partial charge in [0.15, 0.2) is 11.6 Å². The van der Waals surface area contributed by atoms with Crippen LogP contribution in [0.25, 0.3) is 23.0 Å². The van der Waals surface area contributed by atoms with Crippen molar-refractivity contribution in [1.29, 1.82) is 0 Å². The van der Waals surface area contributed by atoms with Gasteiger partial charge >= 0.3 is 11.9 Å². The lowest BCUT2D eigenvalue weighted by Crippen LogP contribution is -2.44. The normalized spacial score (nSPS) is 14.4. The summed E-state index contributed by atoms with van der Waals surface area (Å²) >= 11 is 0. The van der Waals surface area contributed by atoms with Crippen molar-refractivity contribution in [2.45, 2.75) is 78.3 Å². The minimum absolute atomic E-state index is 0.0298. The molecule has 0 radical (unpaired) electrons. The van der Waals surface area contributed by atoms with Crippen molar-refractivity contribution in [3.63, 3.8) is 0 Å². The Morgan fingerprint density at radius 1 is 0.694 bits per heavy atom. The summed E-state index contributed by atoms with van der Waals surface area (Å²) in [6.07, 6.45) is 9.19. The monoisotopic (exact) mass is 666 g/mol. The molecule has 2 unspecified atom stereocenters. The van der Waals surface area contributed by atoms with Crippen LogP contribution in [-0.4, -0.2) is 80.2 Å². The third-order valence-corrected chi connectivity index (χ3v) is 9.07. The summed E-state index contributed by atoms with van der Waals surface area (Å²) in [4.78, 5) is 55.3. The average molecular weight is 667 g/mol. The standard InChI is InChI=1S/C19H24N4O2.C18H22N4O2/c1-12(2)16(19(24)25-4)23(3)18-13-8-7-10-14(13)21-17(22-18)15-9-5-6-11-20-15;1-11(2)15(18(23)24)22(3)17-12-7-6-9-13(12)20-16(21-17)14-8-4-5-10-19-14/h5-6,9,11-12,16H,7-8,10H2,1-4H3;4-5,8,10-11,15H,6-7,9H2,1-3H3,(H,23,24). The molecule has 0 spiro atoms. The summed E-state index contributed by atoms with van der Waals surface area (Å²) in [6, 6.07) is 10.3. The van der Waals surface area contributed by atoms with Crippen LogP contribution in [0.15, 0.2) is 48.8 Å². The second-order valence-electron chi connectivity index (χ2n) is 13.2. The highest BCUT2D eigenvalue weighted by Crippen LogP contribution is 2.34. The zero-order chi connectivity index (χ0) is 35.2. The van der Waals surface area contributed by atoms with Gasteiger partial charge in [0.05, 0.1) is 7.11 Å². The van der Waals surface area contributed by atoms with Crippen molar-refractivity contribution in [3.8, 4) is 23.0 Å². The molecule has 2 atom stereocenters. The minimum Gasteiger partial charge on any atom is -0.480 e. The van der Waals surface area contributed by atoms with Crippen molar-refractivity contribution in [3.05, 3.63) is 71.3 Å². The number of aryl methyl sites for hydroxylation is 2. The summed E-state index contributed by atoms with van der Waals surface area (Å²) in [5.74, 6) is 1.69. The maximum Gasteiger partial charge on any atom is 0.328 e. The molecule has 0 saturated heterocycles. The van der Waals surface area contributed by atoms with Crippen LogP contribution in [0.1, 0.15) is 63.1 Å². The number of hydrogen-bond acceptors (Lipinski definition) is 11. The summed E-state index contributed by atoms with van der Waals surface area (Å²) in [6.45, 7) is 7.85. The Bertz CT molecular complexity index is 1770. The highest BCUT2D eigenvalue weighted by Gasteiger charge is 2.33. The summed E-state index contributed by atoms with van der Waals surface area (Å²) < 4.78 is 5.01. The van der Waals surface area contributed by atoms with E-state index in [-0.39, 0.29) is 23.8 Å². The number of anilines is 2. The smallest absolute Gasteiger partial charge is 0.328 e. The molecule has 2 aliphatic rings. The van der Waals surface area contributed by atoms with Crippen molar-refractivity contribution in [2.75, 3.05) is 31.0 Å². The SMILES string of the molecule is CC(C)C(C(=O)O)N(C)c1nc(-c2ccccn2)nc2c1CCC2.COC(=O)C(C(C)C)N(C)c1nc(-c2ccccn2)nc2c1CCC2. The Hall–Kier alpha value is -5.00. The van der Waals surface area contributed by atoms with Gasteiger partial charge < -0.3 is 19.6 Å². The molecule has 0 saturated carbocycles. The number of aliphatic carboxylic acids is 1. The second kappa shape index (κ2) is 15.5. The molecule has 4 aromatic rings. The molecule has 0 aromatic carbocycles. The maximum absolute atomic E-state index is 12.3. The van der Waals surface area contributed by atoms with Crippen molar-refractivity contribution >= 4 is 23.6 Å². The topological polar surface area (TPSA) is 147 Å². The van der Waals surface area contributed by atoms with E-state index in [0.717, 1.165) is 78.4 Å². The van der Waals surface area contributed by atoms with Gasteiger partial charge in [0.1, 0.15) is 35.1 Å². The first kappa shape index (κ1) is 35.3. The molecule has 258 valence electrons. The third kappa shape index (κ3) is 7.68. The van der Waals surface area contributed by atoms with Gasteiger partial charge in [-0.1, -0.05) is 39.8 Å². The molecule has 4 aromatic heterocycles. The van der Waals surface area contributed by atoms with E-state index in [1.165, 1.54) is 7.11 Å². The predicted octanol–water partition coefficient (Wildman–Crippen LogP) is 5.23. The number of carbonyl (C=O) groups is 2. The van der Waals surface area contributed by atoms with E-state index in [1.807, 2.05) is 83.1 Å². The van der Waals surface area contributed by atoms with Crippen LogP contribution in [0, 0.1) is 11.8 Å². The highest BCUT2D eigenvalue weighted by atomic mass is 16.5. The third-order valence-electron chi connectivity index (χ3n) is 9.07. The lowest BCUT2D eigenvalue weighted by Gasteiger charge is -2.31. The first-order valence-electron chi connectivity index (χ1n) is 16.9. The molecule has 0 bridgehead atoms. The average Bonchev–Trinajstić information content (AvgIpc) is 3.78. The van der Waals surface area contributed by atoms with Gasteiger partial charge in [-0.05, 0) is 74.6 Å². The van der Waals surface area contributed by atoms with E-state index >= 15 is 0 Å². The van der Waals surface area contributed by atoms with Gasteiger partial charge in [-0.15, -0.1) is 0 Å². The van der Waals surface area contributed by atoms with Crippen LogP contribution in [-0.2, 0) is 40.0 Å². The number of likely N-dealkylation sites (N-methyl/N-ethyl adjacent to an activating group) is 2. The van der Waals surface area contributed by atoms with Gasteiger partial charge in [0, 0.05) is 49.0 Å². The summed E-state index contributed by atoms with van der Waals surface area (Å²) in [5.41, 5.74) is 5.73. The Kier molecular flexibility index (Phi) is 11.2.